The predicted octanol–water partition coefficient (Wildman–Crippen LogP) is 4.60. The fourth-order valence-corrected chi connectivity index (χ4v) is 4.53. The normalized spacial score (nSPS) is 21.1. The Morgan fingerprint density at radius 2 is 1.87 bits per heavy atom. The molecule has 2 amide bonds. The van der Waals surface area contributed by atoms with Gasteiger partial charge in [0.15, 0.2) is 0 Å². The molecule has 30 heavy (non-hydrogen) atoms. The number of carbonyl (C=O) groups excluding carboxylic acids is 1. The van der Waals surface area contributed by atoms with Gasteiger partial charge in [-0.1, -0.05) is 12.1 Å². The second-order valence-electron chi connectivity index (χ2n) is 8.12. The van der Waals surface area contributed by atoms with E-state index in [4.69, 9.17) is 4.74 Å². The standard InChI is InChI=1S/C24H30FN3O2/c1-2-30-22-11-5-19(6-12-22)23-4-3-14-28(23)24(29)26-16-18-13-15-27(17-18)21-9-7-20(25)8-10-21/h5-12,18,23H,2-4,13-17H2,1H3,(H,26,29). The van der Waals surface area contributed by atoms with Crippen LogP contribution in [0.2, 0.25) is 0 Å². The molecule has 0 bridgehead atoms. The van der Waals surface area contributed by atoms with Gasteiger partial charge in [-0.3, -0.25) is 0 Å². The van der Waals surface area contributed by atoms with Crippen LogP contribution < -0.4 is 15.0 Å². The second kappa shape index (κ2) is 9.37. The number of rotatable bonds is 6. The quantitative estimate of drug-likeness (QED) is 0.756. The Morgan fingerprint density at radius 3 is 2.60 bits per heavy atom. The van der Waals surface area contributed by atoms with Crippen molar-refractivity contribution >= 4 is 11.7 Å². The largest absolute Gasteiger partial charge is 0.494 e. The van der Waals surface area contributed by atoms with Gasteiger partial charge in [-0.15, -0.1) is 0 Å². The molecule has 2 heterocycles. The molecule has 2 atom stereocenters. The molecule has 2 aliphatic rings. The molecule has 1 N–H and O–H groups in total. The summed E-state index contributed by atoms with van der Waals surface area (Å²) in [5.74, 6) is 1.06. The van der Waals surface area contributed by atoms with E-state index in [0.29, 0.717) is 19.1 Å². The summed E-state index contributed by atoms with van der Waals surface area (Å²) in [5, 5.41) is 3.15. The number of amides is 2. The molecule has 0 spiro atoms. The summed E-state index contributed by atoms with van der Waals surface area (Å²) in [4.78, 5) is 17.1. The van der Waals surface area contributed by atoms with E-state index in [2.05, 4.69) is 22.3 Å². The lowest BCUT2D eigenvalue weighted by Gasteiger charge is -2.26. The lowest BCUT2D eigenvalue weighted by atomic mass is 10.0. The molecule has 2 fully saturated rings. The summed E-state index contributed by atoms with van der Waals surface area (Å²) in [6.45, 7) is 5.90. The van der Waals surface area contributed by atoms with Gasteiger partial charge in [0.25, 0.3) is 0 Å². The lowest BCUT2D eigenvalue weighted by Crippen LogP contribution is -2.41. The third-order valence-corrected chi connectivity index (χ3v) is 6.11. The van der Waals surface area contributed by atoms with Gasteiger partial charge in [-0.25, -0.2) is 9.18 Å². The van der Waals surface area contributed by atoms with Crippen molar-refractivity contribution in [2.75, 3.05) is 37.7 Å². The van der Waals surface area contributed by atoms with E-state index in [-0.39, 0.29) is 17.9 Å². The van der Waals surface area contributed by atoms with Crippen LogP contribution in [-0.4, -0.2) is 43.7 Å². The number of benzene rings is 2. The maximum absolute atomic E-state index is 13.1. The van der Waals surface area contributed by atoms with Crippen LogP contribution in [0.25, 0.3) is 0 Å². The zero-order chi connectivity index (χ0) is 20.9. The number of ether oxygens (including phenoxy) is 1. The molecule has 2 saturated heterocycles. The zero-order valence-corrected chi connectivity index (χ0v) is 17.5. The number of hydrogen-bond donors (Lipinski definition) is 1. The molecular formula is C24H30FN3O2. The number of carbonyl (C=O) groups is 1. The van der Waals surface area contributed by atoms with Gasteiger partial charge < -0.3 is 19.9 Å². The molecule has 160 valence electrons. The molecule has 0 radical (unpaired) electrons. The van der Waals surface area contributed by atoms with Crippen LogP contribution >= 0.6 is 0 Å². The average molecular weight is 412 g/mol. The number of halogens is 1. The predicted molar refractivity (Wildman–Crippen MR) is 116 cm³/mol. The van der Waals surface area contributed by atoms with E-state index in [1.165, 1.54) is 12.1 Å². The first-order chi connectivity index (χ1) is 14.6. The summed E-state index contributed by atoms with van der Waals surface area (Å²) in [7, 11) is 0. The van der Waals surface area contributed by atoms with Gasteiger partial charge in [0.2, 0.25) is 0 Å². The van der Waals surface area contributed by atoms with E-state index >= 15 is 0 Å². The van der Waals surface area contributed by atoms with Crippen LogP contribution in [0.4, 0.5) is 14.9 Å². The topological polar surface area (TPSA) is 44.8 Å². The molecule has 6 heteroatoms. The number of nitrogens with zero attached hydrogens (tertiary/aromatic N) is 2. The molecule has 0 aliphatic carbocycles. The van der Waals surface area contributed by atoms with E-state index < -0.39 is 0 Å². The van der Waals surface area contributed by atoms with Gasteiger partial charge in [0.1, 0.15) is 11.6 Å². The molecule has 4 rings (SSSR count). The monoisotopic (exact) mass is 411 g/mol. The highest BCUT2D eigenvalue weighted by atomic mass is 19.1. The highest BCUT2D eigenvalue weighted by Gasteiger charge is 2.31. The third-order valence-electron chi connectivity index (χ3n) is 6.11. The van der Waals surface area contributed by atoms with Crippen LogP contribution in [0.5, 0.6) is 5.75 Å². The van der Waals surface area contributed by atoms with Crippen molar-refractivity contribution in [3.8, 4) is 5.75 Å². The minimum absolute atomic E-state index is 0.0200. The fraction of sp³-hybridized carbons (Fsp3) is 0.458. The van der Waals surface area contributed by atoms with Gasteiger partial charge in [-0.05, 0) is 74.1 Å². The smallest absolute Gasteiger partial charge is 0.317 e. The molecule has 2 aromatic rings. The van der Waals surface area contributed by atoms with Crippen molar-refractivity contribution in [1.82, 2.24) is 10.2 Å². The van der Waals surface area contributed by atoms with Crippen LogP contribution in [0.3, 0.4) is 0 Å². The van der Waals surface area contributed by atoms with Crippen molar-refractivity contribution in [2.24, 2.45) is 5.92 Å². The SMILES string of the molecule is CCOc1ccc(C2CCCN2C(=O)NCC2CCN(c3ccc(F)cc3)C2)cc1. The van der Waals surface area contributed by atoms with Crippen molar-refractivity contribution in [3.05, 3.63) is 59.9 Å². The Labute approximate surface area is 177 Å². The maximum Gasteiger partial charge on any atom is 0.317 e. The van der Waals surface area contributed by atoms with Crippen LogP contribution in [0.15, 0.2) is 48.5 Å². The van der Waals surface area contributed by atoms with Crippen LogP contribution in [0.1, 0.15) is 37.8 Å². The molecular weight excluding hydrogens is 381 g/mol. The van der Waals surface area contributed by atoms with E-state index in [0.717, 1.165) is 55.9 Å². The van der Waals surface area contributed by atoms with Gasteiger partial charge in [-0.2, -0.15) is 0 Å². The number of likely N-dealkylation sites (tertiary alicyclic amines) is 1. The van der Waals surface area contributed by atoms with Gasteiger partial charge >= 0.3 is 6.03 Å². The summed E-state index contributed by atoms with van der Waals surface area (Å²) >= 11 is 0. The minimum Gasteiger partial charge on any atom is -0.494 e. The first kappa shape index (κ1) is 20.5. The summed E-state index contributed by atoms with van der Waals surface area (Å²) < 4.78 is 18.7. The lowest BCUT2D eigenvalue weighted by molar-refractivity contribution is 0.191. The van der Waals surface area contributed by atoms with Crippen molar-refractivity contribution < 1.29 is 13.9 Å². The third kappa shape index (κ3) is 4.69. The Kier molecular flexibility index (Phi) is 6.41. The molecule has 2 unspecified atom stereocenters. The van der Waals surface area contributed by atoms with Crippen molar-refractivity contribution in [3.63, 3.8) is 0 Å². The number of urea groups is 1. The minimum atomic E-state index is -0.213. The number of hydrogen-bond acceptors (Lipinski definition) is 3. The fourth-order valence-electron chi connectivity index (χ4n) is 4.53. The maximum atomic E-state index is 13.1. The molecule has 5 nitrogen and oxygen atoms in total. The first-order valence-corrected chi connectivity index (χ1v) is 10.9. The van der Waals surface area contributed by atoms with E-state index in [9.17, 15) is 9.18 Å². The van der Waals surface area contributed by atoms with Crippen LogP contribution in [0, 0.1) is 11.7 Å². The highest BCUT2D eigenvalue weighted by Crippen LogP contribution is 2.33. The van der Waals surface area contributed by atoms with Gasteiger partial charge in [0, 0.05) is 31.9 Å². The molecule has 2 aromatic carbocycles. The zero-order valence-electron chi connectivity index (χ0n) is 17.5. The Bertz CT molecular complexity index is 841. The van der Waals surface area contributed by atoms with Crippen molar-refractivity contribution in [2.45, 2.75) is 32.2 Å². The number of anilines is 1. The second-order valence-corrected chi connectivity index (χ2v) is 8.12. The Balaban J connectivity index is 1.29. The summed E-state index contributed by atoms with van der Waals surface area (Å²) in [6.07, 6.45) is 3.04. The van der Waals surface area contributed by atoms with Crippen molar-refractivity contribution in [1.29, 1.82) is 0 Å². The summed E-state index contributed by atoms with van der Waals surface area (Å²) in [6, 6.07) is 14.9. The van der Waals surface area contributed by atoms with E-state index in [1.807, 2.05) is 36.1 Å². The summed E-state index contributed by atoms with van der Waals surface area (Å²) in [5.41, 5.74) is 2.20. The first-order valence-electron chi connectivity index (χ1n) is 10.9. The average Bonchev–Trinajstić information content (AvgIpc) is 3.43. The molecule has 0 aromatic heterocycles. The molecule has 0 saturated carbocycles. The van der Waals surface area contributed by atoms with Crippen LogP contribution in [-0.2, 0) is 0 Å². The Hall–Kier alpha value is -2.76. The number of nitrogens with one attached hydrogen (secondary N) is 1. The molecule has 2 aliphatic heterocycles. The van der Waals surface area contributed by atoms with E-state index in [1.54, 1.807) is 0 Å². The van der Waals surface area contributed by atoms with Gasteiger partial charge in [0.05, 0.1) is 12.6 Å². The highest BCUT2D eigenvalue weighted by molar-refractivity contribution is 5.75. The Morgan fingerprint density at radius 1 is 1.10 bits per heavy atom.